The maximum Gasteiger partial charge on any atom is 0.339 e. The minimum Gasteiger partial charge on any atom is -0.507 e. The number of ether oxygens (including phenoxy) is 1. The van der Waals surface area contributed by atoms with E-state index in [2.05, 4.69) is 0 Å². The summed E-state index contributed by atoms with van der Waals surface area (Å²) in [6.45, 7) is 3.86. The first-order valence-corrected chi connectivity index (χ1v) is 4.61. The van der Waals surface area contributed by atoms with Crippen molar-refractivity contribution in [2.45, 2.75) is 19.8 Å². The third-order valence-corrected chi connectivity index (χ3v) is 2.20. The van der Waals surface area contributed by atoms with Gasteiger partial charge in [0, 0.05) is 6.07 Å². The molecule has 0 radical (unpaired) electrons. The minimum absolute atomic E-state index is 0.0977. The molecule has 0 saturated heterocycles. The highest BCUT2D eigenvalue weighted by Crippen LogP contribution is 2.32. The average Bonchev–Trinajstić information content (AvgIpc) is 2.16. The van der Waals surface area contributed by atoms with E-state index in [-0.39, 0.29) is 17.2 Å². The number of rotatable bonds is 3. The summed E-state index contributed by atoms with van der Waals surface area (Å²) in [6, 6.07) is 2.78. The van der Waals surface area contributed by atoms with Gasteiger partial charge in [0.2, 0.25) is 0 Å². The molecule has 1 rings (SSSR count). The van der Waals surface area contributed by atoms with Crippen LogP contribution in [0.5, 0.6) is 11.5 Å². The molecule has 1 aromatic carbocycles. The van der Waals surface area contributed by atoms with Crippen molar-refractivity contribution in [1.29, 1.82) is 0 Å². The van der Waals surface area contributed by atoms with E-state index in [9.17, 15) is 9.90 Å². The lowest BCUT2D eigenvalue weighted by atomic mass is 9.99. The van der Waals surface area contributed by atoms with E-state index in [4.69, 9.17) is 9.84 Å². The molecule has 2 N–H and O–H groups in total. The summed E-state index contributed by atoms with van der Waals surface area (Å²) in [7, 11) is 1.49. The topological polar surface area (TPSA) is 66.8 Å². The summed E-state index contributed by atoms with van der Waals surface area (Å²) >= 11 is 0. The number of carbonyl (C=O) groups is 1. The number of aromatic hydroxyl groups is 1. The number of methoxy groups -OCH3 is 1. The molecule has 0 bridgehead atoms. The van der Waals surface area contributed by atoms with Crippen LogP contribution in [0.25, 0.3) is 0 Å². The number of carboxylic acid groups (broad SMARTS) is 1. The van der Waals surface area contributed by atoms with Crippen LogP contribution in [0.3, 0.4) is 0 Å². The zero-order valence-electron chi connectivity index (χ0n) is 8.94. The van der Waals surface area contributed by atoms with E-state index in [1.807, 2.05) is 13.8 Å². The van der Waals surface area contributed by atoms with Gasteiger partial charge in [0.15, 0.2) is 0 Å². The van der Waals surface area contributed by atoms with E-state index in [0.717, 1.165) is 5.56 Å². The second-order valence-electron chi connectivity index (χ2n) is 3.57. The van der Waals surface area contributed by atoms with Crippen molar-refractivity contribution < 1.29 is 19.7 Å². The van der Waals surface area contributed by atoms with Crippen LogP contribution in [0.15, 0.2) is 12.1 Å². The fourth-order valence-electron chi connectivity index (χ4n) is 1.39. The van der Waals surface area contributed by atoms with Gasteiger partial charge in [-0.3, -0.25) is 0 Å². The summed E-state index contributed by atoms with van der Waals surface area (Å²) in [5, 5.41) is 18.3. The lowest BCUT2D eigenvalue weighted by Crippen LogP contribution is -2.01. The fourth-order valence-corrected chi connectivity index (χ4v) is 1.39. The lowest BCUT2D eigenvalue weighted by molar-refractivity contribution is 0.0693. The van der Waals surface area contributed by atoms with Gasteiger partial charge in [0.05, 0.1) is 7.11 Å². The summed E-state index contributed by atoms with van der Waals surface area (Å²) in [4.78, 5) is 10.8. The maximum atomic E-state index is 10.8. The predicted molar refractivity (Wildman–Crippen MR) is 55.7 cm³/mol. The first kappa shape index (κ1) is 11.4. The monoisotopic (exact) mass is 210 g/mol. The van der Waals surface area contributed by atoms with Gasteiger partial charge in [-0.1, -0.05) is 13.8 Å². The van der Waals surface area contributed by atoms with Gasteiger partial charge in [-0.25, -0.2) is 4.79 Å². The van der Waals surface area contributed by atoms with Crippen LogP contribution in [0.4, 0.5) is 0 Å². The summed E-state index contributed by atoms with van der Waals surface area (Å²) in [5.41, 5.74) is 0.673. The van der Waals surface area contributed by atoms with Crippen molar-refractivity contribution in [2.75, 3.05) is 7.11 Å². The second kappa shape index (κ2) is 4.21. The number of carboxylic acids is 1. The molecule has 0 unspecified atom stereocenters. The molecule has 15 heavy (non-hydrogen) atoms. The second-order valence-corrected chi connectivity index (χ2v) is 3.57. The Hall–Kier alpha value is -1.71. The van der Waals surface area contributed by atoms with Crippen LogP contribution >= 0.6 is 0 Å². The third-order valence-electron chi connectivity index (χ3n) is 2.20. The molecule has 0 aromatic heterocycles. The molecule has 0 saturated carbocycles. The first-order chi connectivity index (χ1) is 6.97. The molecular formula is C11H14O4. The molecule has 0 fully saturated rings. The highest BCUT2D eigenvalue weighted by atomic mass is 16.5. The molecule has 0 spiro atoms. The molecule has 0 atom stereocenters. The number of hydrogen-bond donors (Lipinski definition) is 2. The van der Waals surface area contributed by atoms with Crippen molar-refractivity contribution in [3.05, 3.63) is 23.3 Å². The van der Waals surface area contributed by atoms with Crippen molar-refractivity contribution in [1.82, 2.24) is 0 Å². The minimum atomic E-state index is -1.14. The normalized spacial score (nSPS) is 10.4. The number of phenols is 1. The highest BCUT2D eigenvalue weighted by Gasteiger charge is 2.16. The predicted octanol–water partition coefficient (Wildman–Crippen LogP) is 2.22. The Balaban J connectivity index is 3.37. The van der Waals surface area contributed by atoms with Crippen molar-refractivity contribution in [2.24, 2.45) is 0 Å². The molecule has 1 aromatic rings. The van der Waals surface area contributed by atoms with Crippen LogP contribution in [0.2, 0.25) is 0 Å². The van der Waals surface area contributed by atoms with Crippen LogP contribution in [0, 0.1) is 0 Å². The largest absolute Gasteiger partial charge is 0.507 e. The molecule has 0 aliphatic heterocycles. The van der Waals surface area contributed by atoms with E-state index < -0.39 is 5.97 Å². The van der Waals surface area contributed by atoms with Crippen molar-refractivity contribution in [3.8, 4) is 11.5 Å². The van der Waals surface area contributed by atoms with Gasteiger partial charge in [-0.05, 0) is 17.5 Å². The molecule has 0 aliphatic carbocycles. The molecule has 4 heteroatoms. The zero-order chi connectivity index (χ0) is 11.6. The smallest absolute Gasteiger partial charge is 0.339 e. The van der Waals surface area contributed by atoms with Gasteiger partial charge >= 0.3 is 5.97 Å². The van der Waals surface area contributed by atoms with Crippen molar-refractivity contribution >= 4 is 5.97 Å². The standard InChI is InChI=1S/C11H14O4/c1-6(2)7-4-8(11(13)14)9(12)5-10(7)15-3/h4-6,12H,1-3H3,(H,13,14). The Morgan fingerprint density at radius 1 is 1.40 bits per heavy atom. The van der Waals surface area contributed by atoms with Crippen LogP contribution < -0.4 is 4.74 Å². The van der Waals surface area contributed by atoms with E-state index in [1.54, 1.807) is 0 Å². The third kappa shape index (κ3) is 2.21. The summed E-state index contributed by atoms with van der Waals surface area (Å²) < 4.78 is 5.07. The van der Waals surface area contributed by atoms with E-state index in [1.165, 1.54) is 19.2 Å². The zero-order valence-corrected chi connectivity index (χ0v) is 8.94. The van der Waals surface area contributed by atoms with Crippen LogP contribution in [-0.2, 0) is 0 Å². The highest BCUT2D eigenvalue weighted by molar-refractivity contribution is 5.91. The Morgan fingerprint density at radius 3 is 2.40 bits per heavy atom. The summed E-state index contributed by atoms with van der Waals surface area (Å²) in [5.74, 6) is -0.771. The Bertz CT molecular complexity index is 382. The SMILES string of the molecule is COc1cc(O)c(C(=O)O)cc1C(C)C. The molecular weight excluding hydrogens is 196 g/mol. The lowest BCUT2D eigenvalue weighted by Gasteiger charge is -2.13. The Kier molecular flexibility index (Phi) is 3.19. The van der Waals surface area contributed by atoms with Gasteiger partial charge in [0.25, 0.3) is 0 Å². The molecule has 82 valence electrons. The average molecular weight is 210 g/mol. The van der Waals surface area contributed by atoms with Gasteiger partial charge in [-0.15, -0.1) is 0 Å². The Morgan fingerprint density at radius 2 is 2.00 bits per heavy atom. The van der Waals surface area contributed by atoms with Gasteiger partial charge in [-0.2, -0.15) is 0 Å². The van der Waals surface area contributed by atoms with E-state index >= 15 is 0 Å². The van der Waals surface area contributed by atoms with Gasteiger partial charge < -0.3 is 14.9 Å². The molecule has 0 amide bonds. The molecule has 0 heterocycles. The van der Waals surface area contributed by atoms with Gasteiger partial charge in [0.1, 0.15) is 17.1 Å². The maximum absolute atomic E-state index is 10.8. The quantitative estimate of drug-likeness (QED) is 0.802. The van der Waals surface area contributed by atoms with E-state index in [0.29, 0.717) is 5.75 Å². The first-order valence-electron chi connectivity index (χ1n) is 4.61. The summed E-state index contributed by atoms with van der Waals surface area (Å²) in [6.07, 6.45) is 0. The number of hydrogen-bond acceptors (Lipinski definition) is 3. The molecule has 0 aliphatic rings. The Labute approximate surface area is 88.1 Å². The molecule has 4 nitrogen and oxygen atoms in total. The van der Waals surface area contributed by atoms with Crippen LogP contribution in [-0.4, -0.2) is 23.3 Å². The number of benzene rings is 1. The fraction of sp³-hybridized carbons (Fsp3) is 0.364. The van der Waals surface area contributed by atoms with Crippen molar-refractivity contribution in [3.63, 3.8) is 0 Å². The van der Waals surface area contributed by atoms with Crippen LogP contribution in [0.1, 0.15) is 35.7 Å². The number of aromatic carboxylic acids is 1.